The van der Waals surface area contributed by atoms with E-state index in [4.69, 9.17) is 4.74 Å². The van der Waals surface area contributed by atoms with Crippen molar-refractivity contribution in [3.8, 4) is 0 Å². The molecule has 2 rings (SSSR count). The Morgan fingerprint density at radius 2 is 1.96 bits per heavy atom. The largest absolute Gasteiger partial charge is 0.391 e. The number of aliphatic hydroxyl groups is 4. The second kappa shape index (κ2) is 10.6. The van der Waals surface area contributed by atoms with Crippen LogP contribution in [-0.2, 0) is 9.53 Å². The van der Waals surface area contributed by atoms with E-state index in [2.05, 4.69) is 12.2 Å². The number of nitrogens with zero attached hydrogens (tertiary/aromatic N) is 1. The van der Waals surface area contributed by atoms with Crippen molar-refractivity contribution in [1.29, 1.82) is 0 Å². The number of aliphatic hydroxyl groups excluding tert-OH is 4. The summed E-state index contributed by atoms with van der Waals surface area (Å²) in [6.07, 6.45) is -0.268. The molecular formula is C19H36N2O6S. The van der Waals surface area contributed by atoms with Gasteiger partial charge in [0.15, 0.2) is 0 Å². The van der Waals surface area contributed by atoms with Crippen LogP contribution >= 0.6 is 11.8 Å². The number of likely N-dealkylation sites (tertiary alicyclic amines) is 1. The van der Waals surface area contributed by atoms with Crippen molar-refractivity contribution in [3.05, 3.63) is 0 Å². The second-order valence-electron chi connectivity index (χ2n) is 8.15. The average molecular weight is 421 g/mol. The zero-order valence-corrected chi connectivity index (χ0v) is 18.0. The molecule has 2 saturated heterocycles. The standard InChI is InChI=1S/C19H36N2O6S/c1-5-6-7-11-8-12(21(3)9-11)18(26)20-13(10(2)22)17-15(24)14(23)16(25)19(27-17)28-4/h10-17,19,22-25H,5-9H2,1-4H3,(H,20,26)/t10-,11-,12-,13-,14+,15-,16-,17-,19?/m1/s1. The van der Waals surface area contributed by atoms with Gasteiger partial charge in [0.05, 0.1) is 18.2 Å². The molecule has 9 heteroatoms. The molecule has 5 N–H and O–H groups in total. The van der Waals surface area contributed by atoms with Crippen LogP contribution in [0.2, 0.25) is 0 Å². The first-order valence-corrected chi connectivity index (χ1v) is 11.4. The van der Waals surface area contributed by atoms with E-state index >= 15 is 0 Å². The summed E-state index contributed by atoms with van der Waals surface area (Å²) in [4.78, 5) is 14.9. The summed E-state index contributed by atoms with van der Waals surface area (Å²) in [6, 6.07) is -1.20. The van der Waals surface area contributed by atoms with Crippen LogP contribution in [0.3, 0.4) is 0 Å². The lowest BCUT2D eigenvalue weighted by Gasteiger charge is -2.44. The molecule has 8 nitrogen and oxygen atoms in total. The van der Waals surface area contributed by atoms with E-state index in [9.17, 15) is 25.2 Å². The number of carbonyl (C=O) groups is 1. The fourth-order valence-electron chi connectivity index (χ4n) is 4.22. The zero-order chi connectivity index (χ0) is 21.0. The van der Waals surface area contributed by atoms with Gasteiger partial charge < -0.3 is 30.5 Å². The van der Waals surface area contributed by atoms with Crippen LogP contribution in [0.15, 0.2) is 0 Å². The van der Waals surface area contributed by atoms with Crippen LogP contribution in [0, 0.1) is 5.92 Å². The van der Waals surface area contributed by atoms with Gasteiger partial charge in [0.2, 0.25) is 5.91 Å². The number of likely N-dealkylation sites (N-methyl/N-ethyl adjacent to an activating group) is 1. The lowest BCUT2D eigenvalue weighted by atomic mass is 9.92. The van der Waals surface area contributed by atoms with Gasteiger partial charge in [-0.15, -0.1) is 11.8 Å². The highest BCUT2D eigenvalue weighted by molar-refractivity contribution is 7.99. The molecule has 2 heterocycles. The van der Waals surface area contributed by atoms with Gasteiger partial charge in [0.1, 0.15) is 29.9 Å². The van der Waals surface area contributed by atoms with Crippen molar-refractivity contribution in [1.82, 2.24) is 10.2 Å². The minimum atomic E-state index is -1.42. The van der Waals surface area contributed by atoms with Crippen molar-refractivity contribution >= 4 is 17.7 Å². The molecule has 0 aliphatic carbocycles. The third-order valence-electron chi connectivity index (χ3n) is 5.92. The summed E-state index contributed by atoms with van der Waals surface area (Å²) >= 11 is 1.20. The normalized spacial score (nSPS) is 38.9. The van der Waals surface area contributed by atoms with E-state index in [0.717, 1.165) is 32.2 Å². The molecule has 2 aliphatic rings. The van der Waals surface area contributed by atoms with Crippen molar-refractivity contribution in [2.75, 3.05) is 19.8 Å². The van der Waals surface area contributed by atoms with Gasteiger partial charge in [0.25, 0.3) is 0 Å². The molecule has 1 amide bonds. The summed E-state index contributed by atoms with van der Waals surface area (Å²) in [5.41, 5.74) is -0.755. The van der Waals surface area contributed by atoms with Crippen molar-refractivity contribution in [2.45, 2.75) is 87.6 Å². The smallest absolute Gasteiger partial charge is 0.237 e. The molecule has 0 bridgehead atoms. The SMILES string of the molecule is CCCC[C@@H]1C[C@H](C(=O)N[C@@H]([C@H]2OC(SC)[C@H](O)[C@@H](O)[C@H]2O)[C@@H](C)O)N(C)C1. The Hall–Kier alpha value is -0.420. The van der Waals surface area contributed by atoms with Crippen LogP contribution in [0.1, 0.15) is 39.5 Å². The first kappa shape index (κ1) is 23.9. The van der Waals surface area contributed by atoms with Gasteiger partial charge in [-0.2, -0.15) is 0 Å². The van der Waals surface area contributed by atoms with Crippen molar-refractivity contribution < 1.29 is 30.0 Å². The Morgan fingerprint density at radius 1 is 1.29 bits per heavy atom. The van der Waals surface area contributed by atoms with Crippen LogP contribution < -0.4 is 5.32 Å². The molecule has 9 atom stereocenters. The van der Waals surface area contributed by atoms with E-state index in [0.29, 0.717) is 5.92 Å². The fraction of sp³-hybridized carbons (Fsp3) is 0.947. The molecule has 164 valence electrons. The second-order valence-corrected chi connectivity index (χ2v) is 9.09. The Balaban J connectivity index is 2.07. The van der Waals surface area contributed by atoms with E-state index in [1.165, 1.54) is 18.7 Å². The molecule has 0 aromatic rings. The van der Waals surface area contributed by atoms with Gasteiger partial charge in [-0.3, -0.25) is 9.69 Å². The molecule has 0 aromatic heterocycles. The maximum Gasteiger partial charge on any atom is 0.237 e. The third kappa shape index (κ3) is 5.38. The number of amides is 1. The molecule has 0 aromatic carbocycles. The molecule has 28 heavy (non-hydrogen) atoms. The number of rotatable bonds is 8. The van der Waals surface area contributed by atoms with Gasteiger partial charge in [-0.1, -0.05) is 19.8 Å². The topological polar surface area (TPSA) is 122 Å². The number of hydrogen-bond acceptors (Lipinski definition) is 8. The quantitative estimate of drug-likeness (QED) is 0.357. The van der Waals surface area contributed by atoms with Gasteiger partial charge in [0, 0.05) is 6.54 Å². The molecule has 0 saturated carbocycles. The van der Waals surface area contributed by atoms with Gasteiger partial charge in [-0.25, -0.2) is 0 Å². The number of thioether (sulfide) groups is 1. The molecule has 0 spiro atoms. The van der Waals surface area contributed by atoms with Crippen molar-refractivity contribution in [3.63, 3.8) is 0 Å². The summed E-state index contributed by atoms with van der Waals surface area (Å²) in [7, 11) is 1.92. The summed E-state index contributed by atoms with van der Waals surface area (Å²) < 4.78 is 5.73. The molecule has 2 aliphatic heterocycles. The van der Waals surface area contributed by atoms with Crippen LogP contribution in [-0.4, -0.2) is 99.1 Å². The van der Waals surface area contributed by atoms with E-state index in [1.54, 1.807) is 6.26 Å². The highest BCUT2D eigenvalue weighted by atomic mass is 32.2. The molecular weight excluding hydrogens is 384 g/mol. The molecule has 2 fully saturated rings. The van der Waals surface area contributed by atoms with Crippen LogP contribution in [0.25, 0.3) is 0 Å². The number of hydrogen-bond donors (Lipinski definition) is 5. The van der Waals surface area contributed by atoms with Gasteiger partial charge >= 0.3 is 0 Å². The van der Waals surface area contributed by atoms with Gasteiger partial charge in [-0.05, 0) is 39.0 Å². The maximum atomic E-state index is 12.9. The van der Waals surface area contributed by atoms with E-state index < -0.39 is 42.0 Å². The Bertz CT molecular complexity index is 509. The number of carbonyl (C=O) groups excluding carboxylic acids is 1. The summed E-state index contributed by atoms with van der Waals surface area (Å²) in [6.45, 7) is 4.52. The van der Waals surface area contributed by atoms with Crippen LogP contribution in [0.5, 0.6) is 0 Å². The zero-order valence-electron chi connectivity index (χ0n) is 17.2. The minimum absolute atomic E-state index is 0.218. The lowest BCUT2D eigenvalue weighted by Crippen LogP contribution is -2.65. The highest BCUT2D eigenvalue weighted by Crippen LogP contribution is 2.30. The monoisotopic (exact) mass is 420 g/mol. The first-order valence-electron chi connectivity index (χ1n) is 10.1. The third-order valence-corrected chi connectivity index (χ3v) is 6.78. The first-order chi connectivity index (χ1) is 13.2. The number of nitrogens with one attached hydrogen (secondary N) is 1. The van der Waals surface area contributed by atoms with Crippen molar-refractivity contribution in [2.24, 2.45) is 5.92 Å². The summed E-state index contributed by atoms with van der Waals surface area (Å²) in [5.74, 6) is 0.254. The maximum absolute atomic E-state index is 12.9. The number of ether oxygens (including phenoxy) is 1. The fourth-order valence-corrected chi connectivity index (χ4v) is 4.90. The minimum Gasteiger partial charge on any atom is -0.391 e. The molecule has 0 radical (unpaired) electrons. The predicted molar refractivity (Wildman–Crippen MR) is 108 cm³/mol. The Kier molecular flexibility index (Phi) is 9.00. The Labute approximate surface area is 171 Å². The van der Waals surface area contributed by atoms with Crippen LogP contribution in [0.4, 0.5) is 0 Å². The van der Waals surface area contributed by atoms with E-state index in [1.807, 2.05) is 11.9 Å². The lowest BCUT2D eigenvalue weighted by molar-refractivity contribution is -0.211. The predicted octanol–water partition coefficient (Wildman–Crippen LogP) is -0.467. The average Bonchev–Trinajstić information content (AvgIpc) is 3.03. The van der Waals surface area contributed by atoms with E-state index in [-0.39, 0.29) is 11.9 Å². The highest BCUT2D eigenvalue weighted by Gasteiger charge is 2.48. The molecule has 1 unspecified atom stereocenters. The number of unbranched alkanes of at least 4 members (excludes halogenated alkanes) is 1. The Morgan fingerprint density at radius 3 is 2.54 bits per heavy atom. The summed E-state index contributed by atoms with van der Waals surface area (Å²) in [5, 5.41) is 43.7.